The average molecular weight is 284 g/mol. The molecule has 104 valence electrons. The lowest BCUT2D eigenvalue weighted by atomic mass is 10.1. The molecule has 0 unspecified atom stereocenters. The van der Waals surface area contributed by atoms with Crippen molar-refractivity contribution in [3.05, 3.63) is 30.1 Å². The summed E-state index contributed by atoms with van der Waals surface area (Å²) >= 11 is 1.27. The molecule has 6 heteroatoms. The zero-order valence-electron chi connectivity index (χ0n) is 10.9. The van der Waals surface area contributed by atoms with Crippen molar-refractivity contribution >= 4 is 23.6 Å². The summed E-state index contributed by atoms with van der Waals surface area (Å²) in [5.41, 5.74) is 4.68. The molecule has 0 saturated heterocycles. The number of benzene rings is 1. The van der Waals surface area contributed by atoms with Crippen molar-refractivity contribution in [3.8, 4) is 0 Å². The third kappa shape index (κ3) is 6.81. The number of rotatable bonds is 5. The van der Waals surface area contributed by atoms with Crippen molar-refractivity contribution < 1.29 is 14.0 Å². The maximum Gasteiger partial charge on any atom is 0.248 e. The molecule has 0 spiro atoms. The van der Waals surface area contributed by atoms with E-state index in [-0.39, 0.29) is 29.3 Å². The minimum atomic E-state index is -0.310. The highest BCUT2D eigenvalue weighted by atomic mass is 32.2. The third-order valence-corrected chi connectivity index (χ3v) is 3.13. The Morgan fingerprint density at radius 2 is 1.74 bits per heavy atom. The summed E-state index contributed by atoms with van der Waals surface area (Å²) in [4.78, 5) is 23.5. The van der Waals surface area contributed by atoms with E-state index in [1.54, 1.807) is 12.1 Å². The van der Waals surface area contributed by atoms with E-state index in [1.807, 2.05) is 13.8 Å². The Balaban J connectivity index is 2.24. The SMILES string of the molecule is CC(C)CC(=O)NNC(=O)CSc1ccc(F)cc1. The van der Waals surface area contributed by atoms with Crippen LogP contribution in [0.5, 0.6) is 0 Å². The topological polar surface area (TPSA) is 58.2 Å². The highest BCUT2D eigenvalue weighted by molar-refractivity contribution is 8.00. The third-order valence-electron chi connectivity index (χ3n) is 2.12. The Kier molecular flexibility index (Phi) is 6.35. The van der Waals surface area contributed by atoms with Gasteiger partial charge in [-0.3, -0.25) is 20.4 Å². The molecule has 0 aliphatic heterocycles. The molecule has 0 aromatic heterocycles. The van der Waals surface area contributed by atoms with Gasteiger partial charge < -0.3 is 0 Å². The number of nitrogens with one attached hydrogen (secondary N) is 2. The van der Waals surface area contributed by atoms with Crippen molar-refractivity contribution in [1.82, 2.24) is 10.9 Å². The maximum atomic E-state index is 12.7. The second kappa shape index (κ2) is 7.78. The molecule has 1 aromatic rings. The van der Waals surface area contributed by atoms with Crippen LogP contribution in [0.25, 0.3) is 0 Å². The molecule has 0 aliphatic rings. The van der Waals surface area contributed by atoms with E-state index in [4.69, 9.17) is 0 Å². The summed E-state index contributed by atoms with van der Waals surface area (Å²) in [5.74, 6) is -0.421. The van der Waals surface area contributed by atoms with Crippen LogP contribution >= 0.6 is 11.8 Å². The second-order valence-corrected chi connectivity index (χ2v) is 5.49. The normalized spacial score (nSPS) is 10.3. The Bertz CT molecular complexity index is 435. The molecule has 0 radical (unpaired) electrons. The van der Waals surface area contributed by atoms with E-state index in [1.165, 1.54) is 23.9 Å². The fraction of sp³-hybridized carbons (Fsp3) is 0.385. The lowest BCUT2D eigenvalue weighted by Crippen LogP contribution is -2.42. The van der Waals surface area contributed by atoms with Crippen LogP contribution in [0.2, 0.25) is 0 Å². The van der Waals surface area contributed by atoms with Gasteiger partial charge in [-0.2, -0.15) is 0 Å². The Labute approximate surface area is 116 Å². The molecule has 2 N–H and O–H groups in total. The van der Waals surface area contributed by atoms with Crippen LogP contribution < -0.4 is 10.9 Å². The van der Waals surface area contributed by atoms with Crippen molar-refractivity contribution in [2.75, 3.05) is 5.75 Å². The predicted octanol–water partition coefficient (Wildman–Crippen LogP) is 2.11. The smallest absolute Gasteiger partial charge is 0.248 e. The van der Waals surface area contributed by atoms with Crippen LogP contribution in [0, 0.1) is 11.7 Å². The highest BCUT2D eigenvalue weighted by Gasteiger charge is 2.07. The molecule has 1 aromatic carbocycles. The first kappa shape index (κ1) is 15.5. The number of carbonyl (C=O) groups excluding carboxylic acids is 2. The van der Waals surface area contributed by atoms with Gasteiger partial charge in [-0.25, -0.2) is 4.39 Å². The monoisotopic (exact) mass is 284 g/mol. The minimum absolute atomic E-state index is 0.160. The van der Waals surface area contributed by atoms with Gasteiger partial charge in [0.2, 0.25) is 11.8 Å². The number of halogens is 1. The van der Waals surface area contributed by atoms with E-state index in [2.05, 4.69) is 10.9 Å². The summed E-state index contributed by atoms with van der Waals surface area (Å²) in [6.07, 6.45) is 0.366. The van der Waals surface area contributed by atoms with Crippen molar-refractivity contribution in [1.29, 1.82) is 0 Å². The Hall–Kier alpha value is -1.56. The van der Waals surface area contributed by atoms with Gasteiger partial charge in [0, 0.05) is 11.3 Å². The van der Waals surface area contributed by atoms with Gasteiger partial charge in [0.1, 0.15) is 5.82 Å². The fourth-order valence-corrected chi connectivity index (χ4v) is 1.98. The average Bonchev–Trinajstić information content (AvgIpc) is 2.35. The van der Waals surface area contributed by atoms with Gasteiger partial charge in [-0.1, -0.05) is 13.8 Å². The Morgan fingerprint density at radius 1 is 1.16 bits per heavy atom. The van der Waals surface area contributed by atoms with Gasteiger partial charge >= 0.3 is 0 Å². The van der Waals surface area contributed by atoms with E-state index in [0.717, 1.165) is 4.90 Å². The van der Waals surface area contributed by atoms with Gasteiger partial charge in [0.05, 0.1) is 5.75 Å². The molecule has 0 heterocycles. The van der Waals surface area contributed by atoms with Crippen LogP contribution in [-0.4, -0.2) is 17.6 Å². The standard InChI is InChI=1S/C13H17FN2O2S/c1-9(2)7-12(17)15-16-13(18)8-19-11-5-3-10(14)4-6-11/h3-6,9H,7-8H2,1-2H3,(H,15,17)(H,16,18). The Morgan fingerprint density at radius 3 is 2.32 bits per heavy atom. The number of thioether (sulfide) groups is 1. The molecule has 0 atom stereocenters. The lowest BCUT2D eigenvalue weighted by molar-refractivity contribution is -0.128. The zero-order valence-corrected chi connectivity index (χ0v) is 11.7. The van der Waals surface area contributed by atoms with E-state index in [9.17, 15) is 14.0 Å². The molecule has 0 aliphatic carbocycles. The number of hydrazine groups is 1. The van der Waals surface area contributed by atoms with Gasteiger partial charge in [-0.15, -0.1) is 11.8 Å². The highest BCUT2D eigenvalue weighted by Crippen LogP contribution is 2.17. The van der Waals surface area contributed by atoms with Crippen LogP contribution in [0.3, 0.4) is 0 Å². The van der Waals surface area contributed by atoms with Gasteiger partial charge in [-0.05, 0) is 30.2 Å². The summed E-state index contributed by atoms with van der Waals surface area (Å²) < 4.78 is 12.7. The van der Waals surface area contributed by atoms with Gasteiger partial charge in [0.25, 0.3) is 0 Å². The molecule has 19 heavy (non-hydrogen) atoms. The number of hydrogen-bond donors (Lipinski definition) is 2. The fourth-order valence-electron chi connectivity index (χ4n) is 1.28. The largest absolute Gasteiger partial charge is 0.273 e. The predicted molar refractivity (Wildman–Crippen MR) is 72.9 cm³/mol. The first-order chi connectivity index (χ1) is 8.97. The van der Waals surface area contributed by atoms with E-state index in [0.29, 0.717) is 6.42 Å². The molecule has 1 rings (SSSR count). The molecular formula is C13H17FN2O2S. The maximum absolute atomic E-state index is 12.7. The first-order valence-electron chi connectivity index (χ1n) is 5.93. The van der Waals surface area contributed by atoms with Crippen LogP contribution in [0.15, 0.2) is 29.2 Å². The van der Waals surface area contributed by atoms with E-state index >= 15 is 0 Å². The first-order valence-corrected chi connectivity index (χ1v) is 6.92. The summed E-state index contributed by atoms with van der Waals surface area (Å²) in [7, 11) is 0. The molecule has 0 fully saturated rings. The molecule has 0 saturated carbocycles. The number of amides is 2. The number of hydrogen-bond acceptors (Lipinski definition) is 3. The van der Waals surface area contributed by atoms with Gasteiger partial charge in [0.15, 0.2) is 0 Å². The summed E-state index contributed by atoms with van der Waals surface area (Å²) in [6, 6.07) is 5.88. The molecule has 2 amide bonds. The van der Waals surface area contributed by atoms with Crippen molar-refractivity contribution in [2.45, 2.75) is 25.2 Å². The summed E-state index contributed by atoms with van der Waals surface area (Å²) in [6.45, 7) is 3.84. The van der Waals surface area contributed by atoms with Crippen LogP contribution in [0.1, 0.15) is 20.3 Å². The van der Waals surface area contributed by atoms with Crippen molar-refractivity contribution in [3.63, 3.8) is 0 Å². The molecule has 4 nitrogen and oxygen atoms in total. The van der Waals surface area contributed by atoms with Crippen LogP contribution in [-0.2, 0) is 9.59 Å². The summed E-state index contributed by atoms with van der Waals surface area (Å²) in [5, 5.41) is 0. The quantitative estimate of drug-likeness (QED) is 0.643. The second-order valence-electron chi connectivity index (χ2n) is 4.44. The van der Waals surface area contributed by atoms with E-state index < -0.39 is 0 Å². The molecule has 0 bridgehead atoms. The van der Waals surface area contributed by atoms with Crippen LogP contribution in [0.4, 0.5) is 4.39 Å². The molecular weight excluding hydrogens is 267 g/mol. The zero-order chi connectivity index (χ0) is 14.3. The minimum Gasteiger partial charge on any atom is -0.273 e. The lowest BCUT2D eigenvalue weighted by Gasteiger charge is -2.08. The van der Waals surface area contributed by atoms with Crippen molar-refractivity contribution in [2.24, 2.45) is 5.92 Å². The number of carbonyl (C=O) groups is 2.